The summed E-state index contributed by atoms with van der Waals surface area (Å²) in [6, 6.07) is 0.301. The zero-order valence-corrected chi connectivity index (χ0v) is 6.09. The predicted molar refractivity (Wildman–Crippen MR) is 36.9 cm³/mol. The van der Waals surface area contributed by atoms with Crippen molar-refractivity contribution in [1.82, 2.24) is 0 Å². The van der Waals surface area contributed by atoms with E-state index in [1.807, 2.05) is 0 Å². The molecule has 2 heteroatoms. The summed E-state index contributed by atoms with van der Waals surface area (Å²) in [6.07, 6.45) is 0.990. The minimum absolute atomic E-state index is 0.175. The maximum absolute atomic E-state index is 8.78. The van der Waals surface area contributed by atoms with Crippen LogP contribution in [0.2, 0.25) is 0 Å². The van der Waals surface area contributed by atoms with Crippen LogP contribution < -0.4 is 5.73 Å². The van der Waals surface area contributed by atoms with E-state index in [2.05, 4.69) is 13.8 Å². The second-order valence-electron chi connectivity index (χ2n) is 3.54. The standard InChI is InChI=1S/C7H15NO/c1-7(2)5(4-9)3-6(7)8/h5-6,9H,3-4,8H2,1-2H3/t5-,6-/m0/s1. The van der Waals surface area contributed by atoms with Crippen LogP contribution in [0.5, 0.6) is 0 Å². The van der Waals surface area contributed by atoms with Crippen LogP contribution >= 0.6 is 0 Å². The first-order chi connectivity index (χ1) is 4.09. The van der Waals surface area contributed by atoms with Crippen molar-refractivity contribution < 1.29 is 5.11 Å². The SMILES string of the molecule is CC1(C)[C@H](CO)C[C@@H]1N. The second kappa shape index (κ2) is 1.96. The molecule has 2 atom stereocenters. The van der Waals surface area contributed by atoms with Crippen molar-refractivity contribution in [3.8, 4) is 0 Å². The molecule has 0 amide bonds. The first-order valence-corrected chi connectivity index (χ1v) is 3.45. The topological polar surface area (TPSA) is 46.2 Å². The van der Waals surface area contributed by atoms with E-state index in [0.717, 1.165) is 6.42 Å². The minimum atomic E-state index is 0.175. The third-order valence-corrected chi connectivity index (χ3v) is 2.77. The highest BCUT2D eigenvalue weighted by molar-refractivity contribution is 4.98. The zero-order valence-electron chi connectivity index (χ0n) is 6.09. The molecule has 3 N–H and O–H groups in total. The normalized spacial score (nSPS) is 40.0. The molecular weight excluding hydrogens is 114 g/mol. The van der Waals surface area contributed by atoms with Crippen LogP contribution in [-0.2, 0) is 0 Å². The lowest BCUT2D eigenvalue weighted by atomic mass is 9.59. The predicted octanol–water partition coefficient (Wildman–Crippen LogP) is 0.352. The van der Waals surface area contributed by atoms with E-state index < -0.39 is 0 Å². The summed E-state index contributed by atoms with van der Waals surface area (Å²) in [5.41, 5.74) is 5.89. The van der Waals surface area contributed by atoms with E-state index in [9.17, 15) is 0 Å². The molecule has 1 aliphatic rings. The molecule has 0 unspecified atom stereocenters. The highest BCUT2D eigenvalue weighted by atomic mass is 16.3. The highest BCUT2D eigenvalue weighted by Crippen LogP contribution is 2.44. The third-order valence-electron chi connectivity index (χ3n) is 2.77. The lowest BCUT2D eigenvalue weighted by Crippen LogP contribution is -2.55. The summed E-state index contributed by atoms with van der Waals surface area (Å²) in [6.45, 7) is 4.52. The Kier molecular flexibility index (Phi) is 1.53. The summed E-state index contributed by atoms with van der Waals surface area (Å²) in [7, 11) is 0. The Morgan fingerprint density at radius 3 is 2.33 bits per heavy atom. The Bertz CT molecular complexity index is 111. The van der Waals surface area contributed by atoms with Crippen molar-refractivity contribution in [2.75, 3.05) is 6.61 Å². The van der Waals surface area contributed by atoms with Gasteiger partial charge in [-0.2, -0.15) is 0 Å². The van der Waals surface area contributed by atoms with Crippen LogP contribution in [0.15, 0.2) is 0 Å². The molecule has 0 aromatic carbocycles. The minimum Gasteiger partial charge on any atom is -0.396 e. The Balaban J connectivity index is 2.48. The molecular formula is C7H15NO. The van der Waals surface area contributed by atoms with E-state index in [1.54, 1.807) is 0 Å². The van der Waals surface area contributed by atoms with Gasteiger partial charge in [-0.25, -0.2) is 0 Å². The average Bonchev–Trinajstić information content (AvgIpc) is 1.82. The summed E-state index contributed by atoms with van der Waals surface area (Å²) >= 11 is 0. The van der Waals surface area contributed by atoms with E-state index >= 15 is 0 Å². The number of aliphatic hydroxyl groups is 1. The Hall–Kier alpha value is -0.0800. The van der Waals surface area contributed by atoms with Crippen LogP contribution in [0, 0.1) is 11.3 Å². The zero-order chi connectivity index (χ0) is 7.07. The van der Waals surface area contributed by atoms with Crippen LogP contribution in [0.1, 0.15) is 20.3 Å². The molecule has 0 aromatic rings. The Morgan fingerprint density at radius 2 is 2.22 bits per heavy atom. The molecule has 54 valence electrons. The molecule has 1 fully saturated rings. The van der Waals surface area contributed by atoms with E-state index in [1.165, 1.54) is 0 Å². The number of hydrogen-bond acceptors (Lipinski definition) is 2. The molecule has 0 spiro atoms. The van der Waals surface area contributed by atoms with Gasteiger partial charge in [0.1, 0.15) is 0 Å². The van der Waals surface area contributed by atoms with Crippen molar-refractivity contribution in [1.29, 1.82) is 0 Å². The fourth-order valence-corrected chi connectivity index (χ4v) is 1.37. The molecule has 0 saturated heterocycles. The van der Waals surface area contributed by atoms with Gasteiger partial charge in [-0.05, 0) is 17.8 Å². The van der Waals surface area contributed by atoms with Crippen molar-refractivity contribution in [2.24, 2.45) is 17.1 Å². The fourth-order valence-electron chi connectivity index (χ4n) is 1.37. The molecule has 1 saturated carbocycles. The highest BCUT2D eigenvalue weighted by Gasteiger charge is 2.45. The summed E-state index contributed by atoms with van der Waals surface area (Å²) in [5.74, 6) is 0.437. The number of nitrogens with two attached hydrogens (primary N) is 1. The van der Waals surface area contributed by atoms with Gasteiger partial charge in [0.2, 0.25) is 0 Å². The van der Waals surface area contributed by atoms with Gasteiger partial charge < -0.3 is 10.8 Å². The van der Waals surface area contributed by atoms with Gasteiger partial charge in [-0.1, -0.05) is 13.8 Å². The lowest BCUT2D eigenvalue weighted by molar-refractivity contribution is -0.00464. The second-order valence-corrected chi connectivity index (χ2v) is 3.54. The van der Waals surface area contributed by atoms with Gasteiger partial charge in [0.05, 0.1) is 0 Å². The van der Waals surface area contributed by atoms with Crippen LogP contribution in [-0.4, -0.2) is 17.8 Å². The largest absolute Gasteiger partial charge is 0.396 e. The van der Waals surface area contributed by atoms with Gasteiger partial charge in [-0.3, -0.25) is 0 Å². The Morgan fingerprint density at radius 1 is 1.67 bits per heavy atom. The van der Waals surface area contributed by atoms with Crippen molar-refractivity contribution in [2.45, 2.75) is 26.3 Å². The quantitative estimate of drug-likeness (QED) is 0.536. The fraction of sp³-hybridized carbons (Fsp3) is 1.00. The maximum Gasteiger partial charge on any atom is 0.0465 e. The van der Waals surface area contributed by atoms with Gasteiger partial charge >= 0.3 is 0 Å². The van der Waals surface area contributed by atoms with E-state index in [-0.39, 0.29) is 5.41 Å². The van der Waals surface area contributed by atoms with Gasteiger partial charge in [-0.15, -0.1) is 0 Å². The molecule has 0 radical (unpaired) electrons. The number of hydrogen-bond donors (Lipinski definition) is 2. The molecule has 1 rings (SSSR count). The molecule has 1 aliphatic carbocycles. The van der Waals surface area contributed by atoms with Crippen molar-refractivity contribution >= 4 is 0 Å². The molecule has 0 heterocycles. The van der Waals surface area contributed by atoms with E-state index in [4.69, 9.17) is 10.8 Å². The van der Waals surface area contributed by atoms with Gasteiger partial charge in [0.15, 0.2) is 0 Å². The van der Waals surface area contributed by atoms with E-state index in [0.29, 0.717) is 18.6 Å². The molecule has 0 aliphatic heterocycles. The Labute approximate surface area is 56.1 Å². The molecule has 9 heavy (non-hydrogen) atoms. The molecule has 0 bridgehead atoms. The maximum atomic E-state index is 8.78. The molecule has 0 aromatic heterocycles. The number of aliphatic hydroxyl groups excluding tert-OH is 1. The van der Waals surface area contributed by atoms with Gasteiger partial charge in [0, 0.05) is 12.6 Å². The van der Waals surface area contributed by atoms with Gasteiger partial charge in [0.25, 0.3) is 0 Å². The number of rotatable bonds is 1. The van der Waals surface area contributed by atoms with Crippen LogP contribution in [0.25, 0.3) is 0 Å². The first-order valence-electron chi connectivity index (χ1n) is 3.45. The lowest BCUT2D eigenvalue weighted by Gasteiger charge is -2.49. The summed E-state index contributed by atoms with van der Waals surface area (Å²) < 4.78 is 0. The van der Waals surface area contributed by atoms with Crippen LogP contribution in [0.4, 0.5) is 0 Å². The third kappa shape index (κ3) is 0.864. The summed E-state index contributed by atoms with van der Waals surface area (Å²) in [4.78, 5) is 0. The first kappa shape index (κ1) is 7.03. The van der Waals surface area contributed by atoms with Crippen molar-refractivity contribution in [3.63, 3.8) is 0 Å². The van der Waals surface area contributed by atoms with Crippen molar-refractivity contribution in [3.05, 3.63) is 0 Å². The van der Waals surface area contributed by atoms with Crippen LogP contribution in [0.3, 0.4) is 0 Å². The molecule has 2 nitrogen and oxygen atoms in total. The average molecular weight is 129 g/mol. The smallest absolute Gasteiger partial charge is 0.0465 e. The summed E-state index contributed by atoms with van der Waals surface area (Å²) in [5, 5.41) is 8.78. The monoisotopic (exact) mass is 129 g/mol.